The van der Waals surface area contributed by atoms with Crippen molar-refractivity contribution in [2.75, 3.05) is 26.2 Å². The minimum Gasteiger partial charge on any atom is -0.444 e. The van der Waals surface area contributed by atoms with Crippen molar-refractivity contribution in [3.05, 3.63) is 167 Å². The molecular formula is C49H52F2N2O4. The first-order chi connectivity index (χ1) is 27.6. The number of nitrogens with zero attached hydrogens (tertiary/aromatic N) is 1. The maximum atomic E-state index is 13.5. The van der Waals surface area contributed by atoms with Crippen molar-refractivity contribution in [1.82, 2.24) is 10.2 Å². The zero-order valence-corrected chi connectivity index (χ0v) is 33.0. The molecule has 2 fully saturated rings. The minimum absolute atomic E-state index is 0.0785. The molecule has 1 N–H and O–H groups in total. The second kappa shape index (κ2) is 18.4. The summed E-state index contributed by atoms with van der Waals surface area (Å²) in [5.74, 6) is -0.0584. The smallest absolute Gasteiger partial charge is 0.410 e. The van der Waals surface area contributed by atoms with Crippen LogP contribution in [-0.2, 0) is 27.4 Å². The number of nitrogens with one attached hydrogen (secondary N) is 1. The van der Waals surface area contributed by atoms with Gasteiger partial charge in [0.15, 0.2) is 0 Å². The number of carbonyl (C=O) groups excluding carboxylic acids is 1. The van der Waals surface area contributed by atoms with E-state index in [2.05, 4.69) is 78.1 Å². The quantitative estimate of drug-likeness (QED) is 0.167. The number of halogens is 2. The van der Waals surface area contributed by atoms with Gasteiger partial charge in [-0.3, -0.25) is 0 Å². The summed E-state index contributed by atoms with van der Waals surface area (Å²) in [4.78, 5) is 14.4. The van der Waals surface area contributed by atoms with E-state index in [1.807, 2.05) is 57.2 Å². The first kappa shape index (κ1) is 40.1. The Morgan fingerprint density at radius 3 is 1.67 bits per heavy atom. The largest absolute Gasteiger partial charge is 0.444 e. The fourth-order valence-electron chi connectivity index (χ4n) is 7.83. The molecule has 0 saturated carbocycles. The van der Waals surface area contributed by atoms with E-state index in [1.54, 1.807) is 4.90 Å². The van der Waals surface area contributed by atoms with Gasteiger partial charge in [-0.2, -0.15) is 0 Å². The van der Waals surface area contributed by atoms with Gasteiger partial charge >= 0.3 is 6.09 Å². The molecule has 57 heavy (non-hydrogen) atoms. The third kappa shape index (κ3) is 10.8. The summed E-state index contributed by atoms with van der Waals surface area (Å²) in [7, 11) is 0. The molecule has 6 aromatic rings. The van der Waals surface area contributed by atoms with Gasteiger partial charge in [0.1, 0.15) is 17.2 Å². The van der Waals surface area contributed by atoms with Crippen LogP contribution in [0.2, 0.25) is 0 Å². The van der Waals surface area contributed by atoms with Gasteiger partial charge in [0.05, 0.1) is 32.0 Å². The molecule has 8 heteroatoms. The summed E-state index contributed by atoms with van der Waals surface area (Å²) >= 11 is 0. The number of benzene rings is 6. The normalized spacial score (nSPS) is 19.8. The van der Waals surface area contributed by atoms with Crippen LogP contribution in [-0.4, -0.2) is 55.0 Å². The van der Waals surface area contributed by atoms with E-state index in [0.717, 1.165) is 42.6 Å². The Morgan fingerprint density at radius 2 is 1.14 bits per heavy atom. The molecule has 0 aliphatic carbocycles. The van der Waals surface area contributed by atoms with E-state index in [0.29, 0.717) is 32.2 Å². The summed E-state index contributed by atoms with van der Waals surface area (Å²) in [6.07, 6.45) is 1.30. The Kier molecular flexibility index (Phi) is 12.9. The Labute approximate surface area is 334 Å². The van der Waals surface area contributed by atoms with Gasteiger partial charge in [-0.25, -0.2) is 13.6 Å². The van der Waals surface area contributed by atoms with Crippen LogP contribution in [0.4, 0.5) is 13.6 Å². The summed E-state index contributed by atoms with van der Waals surface area (Å²) in [6, 6.07) is 42.8. The number of hydrogen-bond acceptors (Lipinski definition) is 5. The molecule has 2 aliphatic rings. The predicted molar refractivity (Wildman–Crippen MR) is 223 cm³/mol. The number of fused-ring (bicyclic) bond motifs is 2. The standard InChI is InChI=1S/C27H30FNO3.C22H22FNO/c1-27(2,3)32-26(30)29-15-14-24(21-10-12-23(28)13-11-21)25(17-29)31-18-19-8-9-20-6-4-5-7-22(20)16-19;23-20-9-7-18(8-10-20)21-11-12-24-14-22(21)25-15-16-5-6-17-3-1-2-4-19(17)13-16/h4-13,16,24-25H,14-15,17-18H2,1-3H3;1-10,13,21-22,24H,11-12,14-15H2. The lowest BCUT2D eigenvalue weighted by Gasteiger charge is -2.39. The Bertz CT molecular complexity index is 2240. The van der Waals surface area contributed by atoms with Crippen LogP contribution in [0.25, 0.3) is 21.5 Å². The number of amides is 1. The maximum Gasteiger partial charge on any atom is 0.410 e. The molecule has 2 heterocycles. The van der Waals surface area contributed by atoms with Crippen LogP contribution in [0.15, 0.2) is 133 Å². The maximum absolute atomic E-state index is 13.5. The zero-order valence-electron chi connectivity index (χ0n) is 33.0. The van der Waals surface area contributed by atoms with Crippen LogP contribution in [0.1, 0.15) is 67.7 Å². The second-order valence-corrected chi connectivity index (χ2v) is 16.1. The first-order valence-electron chi connectivity index (χ1n) is 20.0. The molecule has 296 valence electrons. The number of likely N-dealkylation sites (tertiary alicyclic amines) is 1. The highest BCUT2D eigenvalue weighted by molar-refractivity contribution is 5.83. The molecule has 4 unspecified atom stereocenters. The zero-order chi connectivity index (χ0) is 39.8. The van der Waals surface area contributed by atoms with Crippen LogP contribution in [0.5, 0.6) is 0 Å². The molecule has 0 aromatic heterocycles. The van der Waals surface area contributed by atoms with Crippen LogP contribution in [0, 0.1) is 11.6 Å². The van der Waals surface area contributed by atoms with E-state index in [1.165, 1.54) is 51.4 Å². The second-order valence-electron chi connectivity index (χ2n) is 16.1. The third-order valence-electron chi connectivity index (χ3n) is 10.8. The van der Waals surface area contributed by atoms with Crippen LogP contribution < -0.4 is 5.32 Å². The topological polar surface area (TPSA) is 60.0 Å². The highest BCUT2D eigenvalue weighted by Gasteiger charge is 2.35. The van der Waals surface area contributed by atoms with E-state index in [9.17, 15) is 13.6 Å². The average molecular weight is 771 g/mol. The molecular weight excluding hydrogens is 719 g/mol. The van der Waals surface area contributed by atoms with Gasteiger partial charge in [0.2, 0.25) is 0 Å². The fourth-order valence-corrected chi connectivity index (χ4v) is 7.83. The fraction of sp³-hybridized carbons (Fsp3) is 0.327. The first-order valence-corrected chi connectivity index (χ1v) is 20.0. The van der Waals surface area contributed by atoms with Gasteiger partial charge in [0, 0.05) is 24.9 Å². The van der Waals surface area contributed by atoms with E-state index in [-0.39, 0.29) is 35.9 Å². The molecule has 2 aliphatic heterocycles. The summed E-state index contributed by atoms with van der Waals surface area (Å²) in [6.45, 7) is 9.44. The molecule has 4 atom stereocenters. The Hall–Kier alpha value is -5.15. The van der Waals surface area contributed by atoms with Crippen LogP contribution >= 0.6 is 0 Å². The lowest BCUT2D eigenvalue weighted by atomic mass is 9.87. The number of piperidine rings is 2. The summed E-state index contributed by atoms with van der Waals surface area (Å²) in [5.41, 5.74) is 3.90. The third-order valence-corrected chi connectivity index (χ3v) is 10.8. The number of ether oxygens (including phenoxy) is 3. The van der Waals surface area contributed by atoms with Crippen molar-refractivity contribution in [2.24, 2.45) is 0 Å². The highest BCUT2D eigenvalue weighted by Crippen LogP contribution is 2.33. The average Bonchev–Trinajstić information content (AvgIpc) is 3.22. The van der Waals surface area contributed by atoms with Gasteiger partial charge < -0.3 is 24.4 Å². The molecule has 1 amide bonds. The van der Waals surface area contributed by atoms with Crippen molar-refractivity contribution >= 4 is 27.6 Å². The SMILES string of the molecule is CC(C)(C)OC(=O)N1CCC(c2ccc(F)cc2)C(OCc2ccc3ccccc3c2)C1.Fc1ccc(C2CCNCC2OCc2ccc3ccccc3c2)cc1. The molecule has 8 rings (SSSR count). The van der Waals surface area contributed by atoms with Crippen molar-refractivity contribution in [3.63, 3.8) is 0 Å². The van der Waals surface area contributed by atoms with Crippen molar-refractivity contribution in [1.29, 1.82) is 0 Å². The van der Waals surface area contributed by atoms with Gasteiger partial charge in [-0.05, 0) is 120 Å². The number of rotatable bonds is 8. The number of hydrogen-bond donors (Lipinski definition) is 1. The predicted octanol–water partition coefficient (Wildman–Crippen LogP) is 10.9. The molecule has 2 saturated heterocycles. The van der Waals surface area contributed by atoms with Gasteiger partial charge in [0.25, 0.3) is 0 Å². The highest BCUT2D eigenvalue weighted by atomic mass is 19.1. The lowest BCUT2D eigenvalue weighted by molar-refractivity contribution is -0.0359. The van der Waals surface area contributed by atoms with Crippen molar-refractivity contribution in [2.45, 2.75) is 76.5 Å². The van der Waals surface area contributed by atoms with Crippen molar-refractivity contribution < 1.29 is 27.8 Å². The van der Waals surface area contributed by atoms with E-state index >= 15 is 0 Å². The minimum atomic E-state index is -0.549. The van der Waals surface area contributed by atoms with Gasteiger partial charge in [-0.15, -0.1) is 0 Å². The van der Waals surface area contributed by atoms with E-state index < -0.39 is 5.60 Å². The van der Waals surface area contributed by atoms with E-state index in [4.69, 9.17) is 14.2 Å². The lowest BCUT2D eigenvalue weighted by Crippen LogP contribution is -2.48. The molecule has 6 nitrogen and oxygen atoms in total. The Balaban J connectivity index is 0.000000179. The number of carbonyl (C=O) groups is 1. The molecule has 0 radical (unpaired) electrons. The summed E-state index contributed by atoms with van der Waals surface area (Å²) < 4.78 is 44.9. The van der Waals surface area contributed by atoms with Crippen LogP contribution in [0.3, 0.4) is 0 Å². The summed E-state index contributed by atoms with van der Waals surface area (Å²) in [5, 5.41) is 8.25. The van der Waals surface area contributed by atoms with Crippen molar-refractivity contribution in [3.8, 4) is 0 Å². The molecule has 0 bridgehead atoms. The monoisotopic (exact) mass is 770 g/mol. The molecule has 6 aromatic carbocycles. The Morgan fingerprint density at radius 1 is 0.649 bits per heavy atom. The van der Waals surface area contributed by atoms with Gasteiger partial charge in [-0.1, -0.05) is 97.1 Å². The molecule has 0 spiro atoms.